The number of aliphatic carboxylic acids is 3. The number of benzene rings is 1. The van der Waals surface area contributed by atoms with Gasteiger partial charge in [-0.2, -0.15) is 0 Å². The summed E-state index contributed by atoms with van der Waals surface area (Å²) in [4.78, 5) is 30.7. The molecule has 1 aromatic rings. The van der Waals surface area contributed by atoms with Gasteiger partial charge >= 0.3 is 17.9 Å². The molecule has 0 saturated carbocycles. The zero-order chi connectivity index (χ0) is 19.2. The summed E-state index contributed by atoms with van der Waals surface area (Å²) in [6.45, 7) is 2.58. The van der Waals surface area contributed by atoms with E-state index >= 15 is 0 Å². The van der Waals surface area contributed by atoms with Gasteiger partial charge in [0.15, 0.2) is 0 Å². The molecule has 1 aromatic carbocycles. The molecule has 0 aliphatic carbocycles. The average Bonchev–Trinajstić information content (AvgIpc) is 2.53. The van der Waals surface area contributed by atoms with Crippen LogP contribution in [-0.4, -0.2) is 52.4 Å². The highest BCUT2D eigenvalue weighted by atomic mass is 35.5. The summed E-state index contributed by atoms with van der Waals surface area (Å²) in [5, 5.41) is 28.4. The van der Waals surface area contributed by atoms with Crippen LogP contribution in [0.15, 0.2) is 24.3 Å². The van der Waals surface area contributed by atoms with Crippen LogP contribution in [-0.2, 0) is 14.4 Å². The average molecular weight is 376 g/mol. The minimum absolute atomic E-state index is 0.00261. The van der Waals surface area contributed by atoms with Crippen molar-refractivity contribution in [1.82, 2.24) is 5.32 Å². The normalized spacial score (nSPS) is 11.0. The van der Waals surface area contributed by atoms with Crippen LogP contribution >= 0.6 is 11.6 Å². The first kappa shape index (κ1) is 22.7. The Morgan fingerprint density at radius 1 is 1.12 bits per heavy atom. The lowest BCUT2D eigenvalue weighted by molar-refractivity contribution is -0.145. The molecule has 0 saturated heterocycles. The van der Waals surface area contributed by atoms with Gasteiger partial charge in [-0.05, 0) is 37.2 Å². The van der Waals surface area contributed by atoms with Crippen molar-refractivity contribution in [1.29, 1.82) is 0 Å². The molecule has 0 aliphatic rings. The molecule has 0 fully saturated rings. The van der Waals surface area contributed by atoms with Gasteiger partial charge < -0.3 is 25.4 Å². The first-order valence-corrected chi connectivity index (χ1v) is 7.92. The fourth-order valence-corrected chi connectivity index (χ4v) is 1.65. The summed E-state index contributed by atoms with van der Waals surface area (Å²) >= 11 is 5.65. The lowest BCUT2D eigenvalue weighted by Gasteiger charge is -2.10. The molecule has 0 amide bonds. The molecule has 0 aliphatic heterocycles. The standard InChI is InChI=1S/C9H9ClO3.C7H13NO4/c10-7-1-3-8(4-2-7)13-6-5-9(11)12;1-2-3-8-5(7(11)12)4-6(9)10/h1-4H,5-6H2,(H,11,12);5,8H,2-4H2,1H3,(H,9,10)(H,11,12)/t;5-/m.0/s1. The summed E-state index contributed by atoms with van der Waals surface area (Å²) in [6.07, 6.45) is 0.404. The van der Waals surface area contributed by atoms with E-state index in [-0.39, 0.29) is 19.4 Å². The number of hydrogen-bond acceptors (Lipinski definition) is 5. The van der Waals surface area contributed by atoms with E-state index in [0.717, 1.165) is 6.42 Å². The number of carboxylic acids is 3. The molecular formula is C16H22ClNO7. The van der Waals surface area contributed by atoms with E-state index in [0.29, 0.717) is 17.3 Å². The molecule has 0 radical (unpaired) electrons. The second kappa shape index (κ2) is 13.0. The molecule has 25 heavy (non-hydrogen) atoms. The van der Waals surface area contributed by atoms with Gasteiger partial charge in [-0.1, -0.05) is 18.5 Å². The van der Waals surface area contributed by atoms with E-state index in [1.807, 2.05) is 6.92 Å². The Morgan fingerprint density at radius 3 is 2.16 bits per heavy atom. The highest BCUT2D eigenvalue weighted by Gasteiger charge is 2.19. The maximum atomic E-state index is 10.4. The Labute approximate surface area is 150 Å². The second-order valence-corrected chi connectivity index (χ2v) is 5.33. The molecule has 140 valence electrons. The van der Waals surface area contributed by atoms with Gasteiger partial charge in [-0.3, -0.25) is 14.4 Å². The maximum absolute atomic E-state index is 10.4. The Kier molecular flexibility index (Phi) is 11.8. The topological polar surface area (TPSA) is 133 Å². The Hall–Kier alpha value is -2.32. The van der Waals surface area contributed by atoms with Gasteiger partial charge in [-0.15, -0.1) is 0 Å². The highest BCUT2D eigenvalue weighted by Crippen LogP contribution is 2.15. The predicted molar refractivity (Wildman–Crippen MR) is 91.2 cm³/mol. The predicted octanol–water partition coefficient (Wildman–Crippen LogP) is 2.11. The van der Waals surface area contributed by atoms with E-state index < -0.39 is 23.9 Å². The molecule has 1 atom stereocenters. The smallest absolute Gasteiger partial charge is 0.321 e. The molecule has 4 N–H and O–H groups in total. The Bertz CT molecular complexity index is 548. The van der Waals surface area contributed by atoms with E-state index in [9.17, 15) is 14.4 Å². The zero-order valence-electron chi connectivity index (χ0n) is 13.8. The van der Waals surface area contributed by atoms with Crippen molar-refractivity contribution in [2.24, 2.45) is 0 Å². The summed E-state index contributed by atoms with van der Waals surface area (Å²) in [5.41, 5.74) is 0. The molecule has 0 bridgehead atoms. The van der Waals surface area contributed by atoms with Gasteiger partial charge in [0.1, 0.15) is 11.8 Å². The van der Waals surface area contributed by atoms with Crippen molar-refractivity contribution in [3.05, 3.63) is 29.3 Å². The zero-order valence-corrected chi connectivity index (χ0v) is 14.5. The van der Waals surface area contributed by atoms with Crippen LogP contribution in [0.2, 0.25) is 5.02 Å². The number of hydrogen-bond donors (Lipinski definition) is 4. The minimum atomic E-state index is -1.12. The Balaban J connectivity index is 0.000000463. The van der Waals surface area contributed by atoms with Crippen LogP contribution in [0.25, 0.3) is 0 Å². The van der Waals surface area contributed by atoms with Crippen molar-refractivity contribution in [2.75, 3.05) is 13.2 Å². The third-order valence-electron chi connectivity index (χ3n) is 2.72. The van der Waals surface area contributed by atoms with Crippen molar-refractivity contribution >= 4 is 29.5 Å². The number of rotatable bonds is 10. The fourth-order valence-electron chi connectivity index (χ4n) is 1.53. The number of carbonyl (C=O) groups is 3. The summed E-state index contributed by atoms with van der Waals surface area (Å²) < 4.78 is 5.13. The van der Waals surface area contributed by atoms with Crippen molar-refractivity contribution in [3.63, 3.8) is 0 Å². The number of ether oxygens (including phenoxy) is 1. The van der Waals surface area contributed by atoms with Crippen molar-refractivity contribution < 1.29 is 34.4 Å². The van der Waals surface area contributed by atoms with Crippen LogP contribution < -0.4 is 10.1 Å². The van der Waals surface area contributed by atoms with E-state index in [4.69, 9.17) is 31.7 Å². The third-order valence-corrected chi connectivity index (χ3v) is 2.97. The van der Waals surface area contributed by atoms with Gasteiger partial charge in [0.25, 0.3) is 0 Å². The molecular weight excluding hydrogens is 354 g/mol. The van der Waals surface area contributed by atoms with E-state index in [1.54, 1.807) is 24.3 Å². The van der Waals surface area contributed by atoms with Crippen LogP contribution in [0, 0.1) is 0 Å². The van der Waals surface area contributed by atoms with Crippen LogP contribution in [0.5, 0.6) is 5.75 Å². The lowest BCUT2D eigenvalue weighted by atomic mass is 10.2. The molecule has 0 heterocycles. The molecule has 9 heteroatoms. The Morgan fingerprint density at radius 2 is 1.72 bits per heavy atom. The van der Waals surface area contributed by atoms with Gasteiger partial charge in [0, 0.05) is 5.02 Å². The minimum Gasteiger partial charge on any atom is -0.493 e. The largest absolute Gasteiger partial charge is 0.493 e. The molecule has 0 unspecified atom stereocenters. The first-order valence-electron chi connectivity index (χ1n) is 7.54. The van der Waals surface area contributed by atoms with Crippen molar-refractivity contribution in [3.8, 4) is 5.75 Å². The third kappa shape index (κ3) is 12.7. The van der Waals surface area contributed by atoms with E-state index in [2.05, 4.69) is 5.32 Å². The van der Waals surface area contributed by atoms with Crippen LogP contribution in [0.3, 0.4) is 0 Å². The molecule has 0 spiro atoms. The number of carboxylic acid groups (broad SMARTS) is 3. The lowest BCUT2D eigenvalue weighted by Crippen LogP contribution is -2.38. The van der Waals surface area contributed by atoms with Crippen LogP contribution in [0.1, 0.15) is 26.2 Å². The molecule has 8 nitrogen and oxygen atoms in total. The fraction of sp³-hybridized carbons (Fsp3) is 0.438. The number of nitrogens with one attached hydrogen (secondary N) is 1. The highest BCUT2D eigenvalue weighted by molar-refractivity contribution is 6.30. The van der Waals surface area contributed by atoms with Gasteiger partial charge in [0.2, 0.25) is 0 Å². The summed E-state index contributed by atoms with van der Waals surface area (Å²) in [7, 11) is 0. The van der Waals surface area contributed by atoms with E-state index in [1.165, 1.54) is 0 Å². The SMILES string of the molecule is CCCN[C@@H](CC(=O)O)C(=O)O.O=C(O)CCOc1ccc(Cl)cc1. The monoisotopic (exact) mass is 375 g/mol. The maximum Gasteiger partial charge on any atom is 0.321 e. The molecule has 1 rings (SSSR count). The second-order valence-electron chi connectivity index (χ2n) is 4.89. The first-order chi connectivity index (χ1) is 11.8. The van der Waals surface area contributed by atoms with Crippen LogP contribution in [0.4, 0.5) is 0 Å². The molecule has 0 aromatic heterocycles. The number of halogens is 1. The van der Waals surface area contributed by atoms with Gasteiger partial charge in [0.05, 0.1) is 19.4 Å². The summed E-state index contributed by atoms with van der Waals surface area (Å²) in [5.74, 6) is -2.46. The summed E-state index contributed by atoms with van der Waals surface area (Å²) in [6, 6.07) is 5.81. The van der Waals surface area contributed by atoms with Crippen molar-refractivity contribution in [2.45, 2.75) is 32.2 Å². The van der Waals surface area contributed by atoms with Gasteiger partial charge in [-0.25, -0.2) is 0 Å². The quantitative estimate of drug-likeness (QED) is 0.488.